The second kappa shape index (κ2) is 5.57. The normalized spacial score (nSPS) is 24.1. The van der Waals surface area contributed by atoms with E-state index in [1.165, 1.54) is 50.5 Å². The molecular formula is C17H24BrN. The molecule has 104 valence electrons. The second-order valence-corrected chi connectivity index (χ2v) is 7.50. The lowest BCUT2D eigenvalue weighted by Gasteiger charge is -2.48. The maximum Gasteiger partial charge on any atom is 0.0175 e. The molecule has 19 heavy (non-hydrogen) atoms. The van der Waals surface area contributed by atoms with E-state index in [2.05, 4.69) is 40.2 Å². The summed E-state index contributed by atoms with van der Waals surface area (Å²) in [7, 11) is 0. The van der Waals surface area contributed by atoms with Gasteiger partial charge in [-0.25, -0.2) is 0 Å². The molecule has 1 atom stereocenters. The Hall–Kier alpha value is -0.340. The van der Waals surface area contributed by atoms with Crippen LogP contribution in [0.2, 0.25) is 0 Å². The molecule has 0 amide bonds. The van der Waals surface area contributed by atoms with Gasteiger partial charge in [-0.05, 0) is 80.0 Å². The minimum absolute atomic E-state index is 0.561. The van der Waals surface area contributed by atoms with Crippen molar-refractivity contribution in [3.05, 3.63) is 34.3 Å². The van der Waals surface area contributed by atoms with E-state index in [0.717, 1.165) is 22.4 Å². The van der Waals surface area contributed by atoms with E-state index in [1.54, 1.807) is 0 Å². The van der Waals surface area contributed by atoms with Crippen LogP contribution in [0, 0.1) is 11.3 Å². The molecule has 2 fully saturated rings. The number of rotatable bonds is 3. The first kappa shape index (κ1) is 13.6. The largest absolute Gasteiger partial charge is 0.330 e. The van der Waals surface area contributed by atoms with Crippen LogP contribution in [-0.2, 0) is 0 Å². The average molecular weight is 322 g/mol. The van der Waals surface area contributed by atoms with Crippen LogP contribution in [0.15, 0.2) is 28.7 Å². The Morgan fingerprint density at radius 1 is 1.11 bits per heavy atom. The summed E-state index contributed by atoms with van der Waals surface area (Å²) in [5, 5.41) is 0. The number of hydrogen-bond acceptors (Lipinski definition) is 1. The van der Waals surface area contributed by atoms with Gasteiger partial charge in [0.15, 0.2) is 0 Å². The summed E-state index contributed by atoms with van der Waals surface area (Å²) in [5.41, 5.74) is 8.27. The van der Waals surface area contributed by atoms with Gasteiger partial charge in [-0.2, -0.15) is 0 Å². The average Bonchev–Trinajstić information content (AvgIpc) is 2.41. The Morgan fingerprint density at radius 3 is 2.21 bits per heavy atom. The van der Waals surface area contributed by atoms with Crippen molar-refractivity contribution in [1.82, 2.24) is 0 Å². The van der Waals surface area contributed by atoms with Gasteiger partial charge in [0.1, 0.15) is 0 Å². The van der Waals surface area contributed by atoms with Crippen LogP contribution >= 0.6 is 15.9 Å². The highest BCUT2D eigenvalue weighted by Crippen LogP contribution is 2.54. The fourth-order valence-corrected chi connectivity index (χ4v) is 4.41. The summed E-state index contributed by atoms with van der Waals surface area (Å²) >= 11 is 3.51. The molecule has 0 unspecified atom stereocenters. The van der Waals surface area contributed by atoms with Gasteiger partial charge in [0.05, 0.1) is 0 Å². The summed E-state index contributed by atoms with van der Waals surface area (Å²) in [5.74, 6) is 1.36. The van der Waals surface area contributed by atoms with E-state index >= 15 is 0 Å². The molecule has 2 aliphatic carbocycles. The molecule has 2 N–H and O–H groups in total. The molecule has 2 heteroatoms. The number of halogens is 1. The SMILES string of the molecule is NC[C@@H](c1ccc(Br)cc1)C1CCC2(CCC2)CC1. The Kier molecular flexibility index (Phi) is 4.00. The van der Waals surface area contributed by atoms with E-state index in [0.29, 0.717) is 5.92 Å². The summed E-state index contributed by atoms with van der Waals surface area (Å²) in [6.45, 7) is 0.791. The molecular weight excluding hydrogens is 298 g/mol. The first-order chi connectivity index (χ1) is 9.22. The highest BCUT2D eigenvalue weighted by atomic mass is 79.9. The van der Waals surface area contributed by atoms with Crippen molar-refractivity contribution in [3.63, 3.8) is 0 Å². The fourth-order valence-electron chi connectivity index (χ4n) is 4.14. The van der Waals surface area contributed by atoms with Crippen molar-refractivity contribution in [3.8, 4) is 0 Å². The molecule has 1 spiro atoms. The van der Waals surface area contributed by atoms with Gasteiger partial charge in [0.25, 0.3) is 0 Å². The van der Waals surface area contributed by atoms with E-state index in [-0.39, 0.29) is 0 Å². The van der Waals surface area contributed by atoms with Crippen molar-refractivity contribution in [2.24, 2.45) is 17.1 Å². The lowest BCUT2D eigenvalue weighted by molar-refractivity contribution is 0.0496. The maximum absolute atomic E-state index is 6.08. The van der Waals surface area contributed by atoms with Gasteiger partial charge in [-0.1, -0.05) is 34.5 Å². The van der Waals surface area contributed by atoms with E-state index < -0.39 is 0 Å². The minimum Gasteiger partial charge on any atom is -0.330 e. The molecule has 0 aliphatic heterocycles. The molecule has 0 aromatic heterocycles. The molecule has 0 bridgehead atoms. The quantitative estimate of drug-likeness (QED) is 0.845. The number of nitrogens with two attached hydrogens (primary N) is 1. The van der Waals surface area contributed by atoms with E-state index in [1.807, 2.05) is 0 Å². The van der Waals surface area contributed by atoms with Crippen molar-refractivity contribution in [2.75, 3.05) is 6.54 Å². The number of hydrogen-bond donors (Lipinski definition) is 1. The molecule has 3 rings (SSSR count). The van der Waals surface area contributed by atoms with E-state index in [4.69, 9.17) is 5.73 Å². The molecule has 1 nitrogen and oxygen atoms in total. The molecule has 1 aromatic carbocycles. The van der Waals surface area contributed by atoms with Crippen LogP contribution in [0.1, 0.15) is 56.4 Å². The van der Waals surface area contributed by atoms with Crippen LogP contribution in [-0.4, -0.2) is 6.54 Å². The molecule has 0 heterocycles. The third-order valence-electron chi connectivity index (χ3n) is 5.63. The van der Waals surface area contributed by atoms with Gasteiger partial charge >= 0.3 is 0 Å². The van der Waals surface area contributed by atoms with Crippen LogP contribution in [0.3, 0.4) is 0 Å². The first-order valence-corrected chi connectivity index (χ1v) is 8.47. The van der Waals surface area contributed by atoms with Gasteiger partial charge < -0.3 is 5.73 Å². The highest BCUT2D eigenvalue weighted by molar-refractivity contribution is 9.10. The van der Waals surface area contributed by atoms with Crippen LogP contribution in [0.4, 0.5) is 0 Å². The van der Waals surface area contributed by atoms with Crippen molar-refractivity contribution < 1.29 is 0 Å². The lowest BCUT2D eigenvalue weighted by Crippen LogP contribution is -2.36. The highest BCUT2D eigenvalue weighted by Gasteiger charge is 2.41. The van der Waals surface area contributed by atoms with Crippen molar-refractivity contribution >= 4 is 15.9 Å². The third-order valence-corrected chi connectivity index (χ3v) is 6.15. The van der Waals surface area contributed by atoms with Gasteiger partial charge in [0, 0.05) is 4.47 Å². The van der Waals surface area contributed by atoms with Gasteiger partial charge in [-0.3, -0.25) is 0 Å². The van der Waals surface area contributed by atoms with Crippen LogP contribution in [0.5, 0.6) is 0 Å². The van der Waals surface area contributed by atoms with Gasteiger partial charge in [-0.15, -0.1) is 0 Å². The van der Waals surface area contributed by atoms with Crippen LogP contribution in [0.25, 0.3) is 0 Å². The molecule has 1 aromatic rings. The molecule has 0 saturated heterocycles. The Morgan fingerprint density at radius 2 is 1.74 bits per heavy atom. The Balaban J connectivity index is 1.67. The zero-order valence-corrected chi connectivity index (χ0v) is 13.2. The molecule has 2 aliphatic rings. The first-order valence-electron chi connectivity index (χ1n) is 7.68. The lowest BCUT2D eigenvalue weighted by atomic mass is 9.57. The summed E-state index contributed by atoms with van der Waals surface area (Å²) < 4.78 is 1.16. The predicted molar refractivity (Wildman–Crippen MR) is 84.2 cm³/mol. The summed E-state index contributed by atoms with van der Waals surface area (Å²) in [4.78, 5) is 0. The fraction of sp³-hybridized carbons (Fsp3) is 0.647. The van der Waals surface area contributed by atoms with Gasteiger partial charge in [0.2, 0.25) is 0 Å². The smallest absolute Gasteiger partial charge is 0.0175 e. The zero-order valence-electron chi connectivity index (χ0n) is 11.6. The molecule has 0 radical (unpaired) electrons. The second-order valence-electron chi connectivity index (χ2n) is 6.58. The molecule has 2 saturated carbocycles. The minimum atomic E-state index is 0.561. The predicted octanol–water partition coefficient (Wildman–Crippen LogP) is 4.85. The van der Waals surface area contributed by atoms with E-state index in [9.17, 15) is 0 Å². The summed E-state index contributed by atoms with van der Waals surface area (Å²) in [6, 6.07) is 8.78. The Labute approximate surface area is 125 Å². The topological polar surface area (TPSA) is 26.0 Å². The monoisotopic (exact) mass is 321 g/mol. The number of benzene rings is 1. The Bertz CT molecular complexity index is 411. The van der Waals surface area contributed by atoms with Crippen LogP contribution < -0.4 is 5.73 Å². The summed E-state index contributed by atoms with van der Waals surface area (Å²) in [6.07, 6.45) is 10.1. The third kappa shape index (κ3) is 2.75. The maximum atomic E-state index is 6.08. The standard InChI is InChI=1S/C17H24BrN/c18-15-4-2-13(3-5-15)16(12-19)14-6-10-17(11-7-14)8-1-9-17/h2-5,14,16H,1,6-12,19H2/t16-/m0/s1. The van der Waals surface area contributed by atoms with Crippen molar-refractivity contribution in [2.45, 2.75) is 50.9 Å². The van der Waals surface area contributed by atoms with Crippen molar-refractivity contribution in [1.29, 1.82) is 0 Å². The zero-order chi connectivity index (χ0) is 13.3.